The lowest BCUT2D eigenvalue weighted by atomic mass is 10.2. The van der Waals surface area contributed by atoms with Crippen LogP contribution in [0.25, 0.3) is 0 Å². The van der Waals surface area contributed by atoms with Crippen molar-refractivity contribution in [1.82, 2.24) is 14.9 Å². The summed E-state index contributed by atoms with van der Waals surface area (Å²) in [5.74, 6) is -1.34. The van der Waals surface area contributed by atoms with E-state index in [0.717, 1.165) is 10.7 Å². The molecule has 2 aromatic rings. The van der Waals surface area contributed by atoms with Gasteiger partial charge in [-0.15, -0.1) is 11.3 Å². The summed E-state index contributed by atoms with van der Waals surface area (Å²) in [5, 5.41) is 11.6. The number of carbonyl (C=O) groups is 2. The molecular formula is C13H13N3O3S. The lowest BCUT2D eigenvalue weighted by Gasteiger charge is -2.15. The van der Waals surface area contributed by atoms with Gasteiger partial charge in [0.25, 0.3) is 5.91 Å². The number of aromatic nitrogens is 2. The summed E-state index contributed by atoms with van der Waals surface area (Å²) < 4.78 is 0. The molecule has 0 atom stereocenters. The van der Waals surface area contributed by atoms with Crippen LogP contribution in [0.15, 0.2) is 23.7 Å². The number of nitrogens with zero attached hydrogens (tertiary/aromatic N) is 3. The van der Waals surface area contributed by atoms with Crippen LogP contribution >= 0.6 is 11.3 Å². The smallest absolute Gasteiger partial charge is 0.354 e. The van der Waals surface area contributed by atoms with Gasteiger partial charge in [-0.05, 0) is 19.1 Å². The molecule has 0 bridgehead atoms. The van der Waals surface area contributed by atoms with Gasteiger partial charge in [0, 0.05) is 18.6 Å². The first-order valence-electron chi connectivity index (χ1n) is 5.83. The molecule has 0 aliphatic carbocycles. The molecule has 0 spiro atoms. The summed E-state index contributed by atoms with van der Waals surface area (Å²) in [6.45, 7) is 2.31. The maximum Gasteiger partial charge on any atom is 0.354 e. The summed E-state index contributed by atoms with van der Waals surface area (Å²) >= 11 is 1.53. The van der Waals surface area contributed by atoms with Crippen molar-refractivity contribution in [3.63, 3.8) is 0 Å². The Hall–Kier alpha value is -2.28. The molecule has 1 amide bonds. The van der Waals surface area contributed by atoms with E-state index in [-0.39, 0.29) is 11.6 Å². The molecule has 0 radical (unpaired) electrons. The molecule has 6 nitrogen and oxygen atoms in total. The predicted octanol–water partition coefficient (Wildman–Crippen LogP) is 1.82. The largest absolute Gasteiger partial charge is 0.477 e. The molecule has 0 unspecified atom stereocenters. The highest BCUT2D eigenvalue weighted by molar-refractivity contribution is 7.09. The third kappa shape index (κ3) is 3.18. The van der Waals surface area contributed by atoms with E-state index in [9.17, 15) is 9.59 Å². The van der Waals surface area contributed by atoms with Crippen molar-refractivity contribution in [2.45, 2.75) is 13.5 Å². The number of aryl methyl sites for hydroxylation is 1. The summed E-state index contributed by atoms with van der Waals surface area (Å²) in [6, 6.07) is 2.78. The van der Waals surface area contributed by atoms with E-state index >= 15 is 0 Å². The Bertz CT molecular complexity index is 637. The van der Waals surface area contributed by atoms with Crippen molar-refractivity contribution in [2.24, 2.45) is 0 Å². The van der Waals surface area contributed by atoms with Crippen LogP contribution in [0.4, 0.5) is 0 Å². The van der Waals surface area contributed by atoms with Gasteiger partial charge in [-0.25, -0.2) is 14.8 Å². The van der Waals surface area contributed by atoms with Crippen LogP contribution in [-0.2, 0) is 6.54 Å². The van der Waals surface area contributed by atoms with E-state index in [0.29, 0.717) is 12.1 Å². The van der Waals surface area contributed by atoms with Gasteiger partial charge in [0.15, 0.2) is 0 Å². The highest BCUT2D eigenvalue weighted by Gasteiger charge is 2.14. The van der Waals surface area contributed by atoms with Gasteiger partial charge < -0.3 is 10.0 Å². The number of thiazole rings is 1. The number of carbonyl (C=O) groups excluding carboxylic acids is 1. The van der Waals surface area contributed by atoms with Crippen molar-refractivity contribution in [2.75, 3.05) is 7.05 Å². The SMILES string of the molecule is Cc1nc(CN(C)C(=O)c2ccc(C(=O)O)nc2)cs1. The molecule has 2 aromatic heterocycles. The minimum atomic E-state index is -1.12. The molecular weight excluding hydrogens is 278 g/mol. The third-order valence-corrected chi connectivity index (χ3v) is 3.46. The standard InChI is InChI=1S/C13H13N3O3S/c1-8-15-10(7-20-8)6-16(2)12(17)9-3-4-11(13(18)19)14-5-9/h3-5,7H,6H2,1-2H3,(H,18,19). The van der Waals surface area contributed by atoms with Crippen molar-refractivity contribution >= 4 is 23.2 Å². The number of hydrogen-bond donors (Lipinski definition) is 1. The number of carboxylic acid groups (broad SMARTS) is 1. The van der Waals surface area contributed by atoms with Crippen LogP contribution in [0.1, 0.15) is 31.5 Å². The van der Waals surface area contributed by atoms with Crippen LogP contribution in [-0.4, -0.2) is 38.9 Å². The zero-order chi connectivity index (χ0) is 14.7. The highest BCUT2D eigenvalue weighted by Crippen LogP contribution is 2.11. The van der Waals surface area contributed by atoms with E-state index in [1.54, 1.807) is 7.05 Å². The Morgan fingerprint density at radius 2 is 2.15 bits per heavy atom. The second-order valence-corrected chi connectivity index (χ2v) is 5.32. The maximum absolute atomic E-state index is 12.2. The van der Waals surface area contributed by atoms with Crippen LogP contribution < -0.4 is 0 Å². The topological polar surface area (TPSA) is 83.4 Å². The van der Waals surface area contributed by atoms with Crippen molar-refractivity contribution in [3.05, 3.63) is 45.7 Å². The zero-order valence-electron chi connectivity index (χ0n) is 11.0. The second kappa shape index (κ2) is 5.79. The molecule has 1 N–H and O–H groups in total. The molecule has 7 heteroatoms. The van der Waals surface area contributed by atoms with E-state index < -0.39 is 5.97 Å². The average molecular weight is 291 g/mol. The Balaban J connectivity index is 2.08. The molecule has 0 saturated heterocycles. The summed E-state index contributed by atoms with van der Waals surface area (Å²) in [7, 11) is 1.67. The molecule has 20 heavy (non-hydrogen) atoms. The average Bonchev–Trinajstić information content (AvgIpc) is 2.83. The second-order valence-electron chi connectivity index (χ2n) is 4.26. The number of amides is 1. The van der Waals surface area contributed by atoms with Gasteiger partial charge >= 0.3 is 5.97 Å². The maximum atomic E-state index is 12.2. The fraction of sp³-hybridized carbons (Fsp3) is 0.231. The number of rotatable bonds is 4. The fourth-order valence-corrected chi connectivity index (χ4v) is 2.27. The van der Waals surface area contributed by atoms with Gasteiger partial charge in [-0.3, -0.25) is 4.79 Å². The molecule has 0 fully saturated rings. The fourth-order valence-electron chi connectivity index (χ4n) is 1.66. The van der Waals surface area contributed by atoms with Gasteiger partial charge in [0.05, 0.1) is 22.8 Å². The highest BCUT2D eigenvalue weighted by atomic mass is 32.1. The number of hydrogen-bond acceptors (Lipinski definition) is 5. The van der Waals surface area contributed by atoms with Crippen LogP contribution in [0, 0.1) is 6.92 Å². The number of carboxylic acids is 1. The number of pyridine rings is 1. The quantitative estimate of drug-likeness (QED) is 0.929. The Morgan fingerprint density at radius 1 is 1.40 bits per heavy atom. The van der Waals surface area contributed by atoms with Gasteiger partial charge in [0.1, 0.15) is 5.69 Å². The van der Waals surface area contributed by atoms with Crippen molar-refractivity contribution in [1.29, 1.82) is 0 Å². The normalized spacial score (nSPS) is 10.3. The monoisotopic (exact) mass is 291 g/mol. The van der Waals surface area contributed by atoms with E-state index in [2.05, 4.69) is 9.97 Å². The van der Waals surface area contributed by atoms with Crippen LogP contribution in [0.2, 0.25) is 0 Å². The molecule has 104 valence electrons. The minimum Gasteiger partial charge on any atom is -0.477 e. The number of aromatic carboxylic acids is 1. The van der Waals surface area contributed by atoms with Gasteiger partial charge in [0.2, 0.25) is 0 Å². The lowest BCUT2D eigenvalue weighted by molar-refractivity contribution is 0.0688. The van der Waals surface area contributed by atoms with Crippen LogP contribution in [0.5, 0.6) is 0 Å². The summed E-state index contributed by atoms with van der Waals surface area (Å²) in [6.07, 6.45) is 1.27. The van der Waals surface area contributed by atoms with Crippen molar-refractivity contribution in [3.8, 4) is 0 Å². The van der Waals surface area contributed by atoms with Gasteiger partial charge in [-0.1, -0.05) is 0 Å². The molecule has 0 aromatic carbocycles. The van der Waals surface area contributed by atoms with Crippen molar-refractivity contribution < 1.29 is 14.7 Å². The molecule has 2 rings (SSSR count). The Morgan fingerprint density at radius 3 is 2.65 bits per heavy atom. The van der Waals surface area contributed by atoms with Crippen LogP contribution in [0.3, 0.4) is 0 Å². The molecule has 0 aliphatic heterocycles. The Kier molecular flexibility index (Phi) is 4.09. The molecule has 2 heterocycles. The first kappa shape index (κ1) is 14.1. The minimum absolute atomic E-state index is 0.0840. The molecule has 0 saturated carbocycles. The summed E-state index contributed by atoms with van der Waals surface area (Å²) in [4.78, 5) is 32.4. The summed E-state index contributed by atoms with van der Waals surface area (Å²) in [5.41, 5.74) is 1.10. The zero-order valence-corrected chi connectivity index (χ0v) is 11.8. The lowest BCUT2D eigenvalue weighted by Crippen LogP contribution is -2.26. The van der Waals surface area contributed by atoms with E-state index in [1.165, 1.54) is 34.6 Å². The van der Waals surface area contributed by atoms with E-state index in [4.69, 9.17) is 5.11 Å². The Labute approximate surface area is 119 Å². The van der Waals surface area contributed by atoms with E-state index in [1.807, 2.05) is 12.3 Å². The predicted molar refractivity (Wildman–Crippen MR) is 73.8 cm³/mol. The molecule has 0 aliphatic rings. The first-order valence-corrected chi connectivity index (χ1v) is 6.71. The van der Waals surface area contributed by atoms with Gasteiger partial charge in [-0.2, -0.15) is 0 Å². The first-order chi connectivity index (χ1) is 9.47. The third-order valence-electron chi connectivity index (χ3n) is 2.64.